The number of aliphatic hydroxyl groups is 1. The van der Waals surface area contributed by atoms with Gasteiger partial charge in [0.15, 0.2) is 0 Å². The van der Waals surface area contributed by atoms with E-state index >= 15 is 0 Å². The van der Waals surface area contributed by atoms with Crippen molar-refractivity contribution in [3.63, 3.8) is 0 Å². The molecule has 1 aromatic carbocycles. The van der Waals surface area contributed by atoms with Crippen molar-refractivity contribution in [2.75, 3.05) is 26.7 Å². The number of hydrogen-bond donors (Lipinski definition) is 1. The SMILES string of the molecule is COC1CN(C[C@@H]2CCc3cccnc3[C@@H](O)C2)CCC1c1ccccc1C. The van der Waals surface area contributed by atoms with Crippen LogP contribution in [0.3, 0.4) is 0 Å². The van der Waals surface area contributed by atoms with E-state index in [0.717, 1.165) is 51.0 Å². The highest BCUT2D eigenvalue weighted by Gasteiger charge is 2.33. The average molecular weight is 381 g/mol. The summed E-state index contributed by atoms with van der Waals surface area (Å²) < 4.78 is 5.93. The largest absolute Gasteiger partial charge is 0.387 e. The third-order valence-electron chi connectivity index (χ3n) is 6.67. The highest BCUT2D eigenvalue weighted by molar-refractivity contribution is 5.30. The molecule has 2 heterocycles. The lowest BCUT2D eigenvalue weighted by Gasteiger charge is -2.40. The Morgan fingerprint density at radius 2 is 2.04 bits per heavy atom. The third kappa shape index (κ3) is 4.14. The van der Waals surface area contributed by atoms with Gasteiger partial charge in [0.1, 0.15) is 0 Å². The van der Waals surface area contributed by atoms with Gasteiger partial charge >= 0.3 is 0 Å². The molecule has 4 heteroatoms. The van der Waals surface area contributed by atoms with E-state index in [4.69, 9.17) is 4.74 Å². The summed E-state index contributed by atoms with van der Waals surface area (Å²) >= 11 is 0. The van der Waals surface area contributed by atoms with Crippen LogP contribution in [0.15, 0.2) is 42.6 Å². The molecular formula is C24H32N2O2. The first-order valence-corrected chi connectivity index (χ1v) is 10.6. The molecule has 1 fully saturated rings. The summed E-state index contributed by atoms with van der Waals surface area (Å²) in [6.07, 6.45) is 5.64. The van der Waals surface area contributed by atoms with Crippen molar-refractivity contribution in [2.24, 2.45) is 5.92 Å². The van der Waals surface area contributed by atoms with Crippen LogP contribution in [0.25, 0.3) is 0 Å². The lowest BCUT2D eigenvalue weighted by atomic mass is 9.84. The van der Waals surface area contributed by atoms with E-state index in [1.165, 1.54) is 16.7 Å². The Balaban J connectivity index is 1.40. The second-order valence-corrected chi connectivity index (χ2v) is 8.49. The van der Waals surface area contributed by atoms with Crippen LogP contribution in [0.2, 0.25) is 0 Å². The highest BCUT2D eigenvalue weighted by Crippen LogP contribution is 2.35. The number of ether oxygens (including phenoxy) is 1. The van der Waals surface area contributed by atoms with Crippen LogP contribution in [0.5, 0.6) is 0 Å². The number of aryl methyl sites for hydroxylation is 2. The van der Waals surface area contributed by atoms with Crippen molar-refractivity contribution in [3.05, 3.63) is 65.0 Å². The highest BCUT2D eigenvalue weighted by atomic mass is 16.5. The maximum Gasteiger partial charge on any atom is 0.0965 e. The minimum Gasteiger partial charge on any atom is -0.387 e. The van der Waals surface area contributed by atoms with Gasteiger partial charge in [0, 0.05) is 32.3 Å². The number of likely N-dealkylation sites (tertiary alicyclic amines) is 1. The zero-order valence-electron chi connectivity index (χ0n) is 17.1. The smallest absolute Gasteiger partial charge is 0.0965 e. The lowest BCUT2D eigenvalue weighted by Crippen LogP contribution is -2.45. The van der Waals surface area contributed by atoms with Crippen molar-refractivity contribution in [3.8, 4) is 0 Å². The number of methoxy groups -OCH3 is 1. The number of rotatable bonds is 4. The van der Waals surface area contributed by atoms with Crippen LogP contribution in [-0.2, 0) is 11.2 Å². The standard InChI is InChI=1S/C24H32N2O2/c1-17-6-3-4-8-20(17)21-11-13-26(16-23(21)28-2)15-18-9-10-19-7-5-12-25-24(19)22(27)14-18/h3-8,12,18,21-23,27H,9-11,13-16H2,1-2H3/t18-,21?,22+,23?/m1/s1. The van der Waals surface area contributed by atoms with Gasteiger partial charge in [-0.15, -0.1) is 0 Å². The Kier molecular flexibility index (Phi) is 6.10. The fourth-order valence-corrected chi connectivity index (χ4v) is 5.14. The van der Waals surface area contributed by atoms with Crippen LogP contribution in [0.1, 0.15) is 53.7 Å². The van der Waals surface area contributed by atoms with E-state index in [0.29, 0.717) is 11.8 Å². The molecular weight excluding hydrogens is 348 g/mol. The summed E-state index contributed by atoms with van der Waals surface area (Å²) in [5.41, 5.74) is 4.89. The molecule has 2 aliphatic rings. The van der Waals surface area contributed by atoms with E-state index in [-0.39, 0.29) is 6.10 Å². The zero-order chi connectivity index (χ0) is 19.5. The van der Waals surface area contributed by atoms with Gasteiger partial charge in [-0.1, -0.05) is 30.3 Å². The van der Waals surface area contributed by atoms with Crippen LogP contribution in [0, 0.1) is 12.8 Å². The summed E-state index contributed by atoms with van der Waals surface area (Å²) in [6, 6.07) is 12.8. The molecule has 0 saturated carbocycles. The third-order valence-corrected chi connectivity index (χ3v) is 6.67. The summed E-state index contributed by atoms with van der Waals surface area (Å²) in [5.74, 6) is 0.965. The van der Waals surface area contributed by atoms with Crippen molar-refractivity contribution >= 4 is 0 Å². The van der Waals surface area contributed by atoms with Crippen molar-refractivity contribution in [1.82, 2.24) is 9.88 Å². The van der Waals surface area contributed by atoms with Crippen LogP contribution >= 0.6 is 0 Å². The normalized spacial score (nSPS) is 28.5. The molecule has 0 amide bonds. The minimum absolute atomic E-state index is 0.226. The van der Waals surface area contributed by atoms with Gasteiger partial charge in [-0.2, -0.15) is 0 Å². The second kappa shape index (κ2) is 8.73. The van der Waals surface area contributed by atoms with Crippen molar-refractivity contribution < 1.29 is 9.84 Å². The van der Waals surface area contributed by atoms with Gasteiger partial charge in [-0.25, -0.2) is 0 Å². The van der Waals surface area contributed by atoms with E-state index in [1.807, 2.05) is 13.2 Å². The topological polar surface area (TPSA) is 45.6 Å². The number of benzene rings is 1. The van der Waals surface area contributed by atoms with Gasteiger partial charge in [-0.3, -0.25) is 4.98 Å². The predicted molar refractivity (Wildman–Crippen MR) is 111 cm³/mol. The van der Waals surface area contributed by atoms with Gasteiger partial charge in [0.25, 0.3) is 0 Å². The second-order valence-electron chi connectivity index (χ2n) is 8.49. The Bertz CT molecular complexity index is 794. The Morgan fingerprint density at radius 3 is 2.86 bits per heavy atom. The molecule has 1 aliphatic heterocycles. The fourth-order valence-electron chi connectivity index (χ4n) is 5.14. The number of piperidine rings is 1. The molecule has 1 N–H and O–H groups in total. The lowest BCUT2D eigenvalue weighted by molar-refractivity contribution is 0.00610. The van der Waals surface area contributed by atoms with Crippen LogP contribution in [0.4, 0.5) is 0 Å². The maximum atomic E-state index is 10.7. The van der Waals surface area contributed by atoms with Crippen LogP contribution in [-0.4, -0.2) is 47.8 Å². The number of nitrogens with zero attached hydrogens (tertiary/aromatic N) is 2. The average Bonchev–Trinajstić information content (AvgIpc) is 2.87. The molecule has 28 heavy (non-hydrogen) atoms. The van der Waals surface area contributed by atoms with E-state index < -0.39 is 6.10 Å². The van der Waals surface area contributed by atoms with Gasteiger partial charge < -0.3 is 14.7 Å². The van der Waals surface area contributed by atoms with Crippen molar-refractivity contribution in [2.45, 2.75) is 50.7 Å². The van der Waals surface area contributed by atoms with Gasteiger partial charge in [-0.05, 0) is 67.8 Å². The Morgan fingerprint density at radius 1 is 1.18 bits per heavy atom. The molecule has 150 valence electrons. The van der Waals surface area contributed by atoms with E-state index in [1.54, 1.807) is 6.20 Å². The number of hydrogen-bond acceptors (Lipinski definition) is 4. The Hall–Kier alpha value is -1.75. The molecule has 1 aliphatic carbocycles. The maximum absolute atomic E-state index is 10.7. The van der Waals surface area contributed by atoms with Crippen molar-refractivity contribution in [1.29, 1.82) is 0 Å². The molecule has 0 spiro atoms. The zero-order valence-corrected chi connectivity index (χ0v) is 17.1. The van der Waals surface area contributed by atoms with Crippen LogP contribution < -0.4 is 0 Å². The number of aliphatic hydroxyl groups excluding tert-OH is 1. The van der Waals surface area contributed by atoms with Gasteiger partial charge in [0.2, 0.25) is 0 Å². The van der Waals surface area contributed by atoms with E-state index in [9.17, 15) is 5.11 Å². The first-order chi connectivity index (χ1) is 13.7. The summed E-state index contributed by atoms with van der Waals surface area (Å²) in [5, 5.41) is 10.7. The number of aromatic nitrogens is 1. The predicted octanol–water partition coefficient (Wildman–Crippen LogP) is 3.88. The summed E-state index contributed by atoms with van der Waals surface area (Å²) in [7, 11) is 1.84. The fraction of sp³-hybridized carbons (Fsp3) is 0.542. The summed E-state index contributed by atoms with van der Waals surface area (Å²) in [4.78, 5) is 6.98. The molecule has 2 aromatic rings. The number of pyridine rings is 1. The molecule has 4 nitrogen and oxygen atoms in total. The quantitative estimate of drug-likeness (QED) is 0.818. The molecule has 2 unspecified atom stereocenters. The summed E-state index contributed by atoms with van der Waals surface area (Å²) in [6.45, 7) is 5.29. The molecule has 1 saturated heterocycles. The molecule has 0 bridgehead atoms. The van der Waals surface area contributed by atoms with E-state index in [2.05, 4.69) is 47.1 Å². The first-order valence-electron chi connectivity index (χ1n) is 10.6. The number of fused-ring (bicyclic) bond motifs is 1. The Labute approximate surface area is 168 Å². The molecule has 4 rings (SSSR count). The molecule has 0 radical (unpaired) electrons. The molecule has 1 aromatic heterocycles. The first kappa shape index (κ1) is 19.6. The minimum atomic E-state index is -0.438. The molecule has 4 atom stereocenters. The monoisotopic (exact) mass is 380 g/mol. The van der Waals surface area contributed by atoms with Gasteiger partial charge in [0.05, 0.1) is 17.9 Å².